The first-order chi connectivity index (χ1) is 35.9. The number of aryl methyl sites for hydroxylation is 2. The molecule has 11 rings (SSSR count). The van der Waals surface area contributed by atoms with Gasteiger partial charge in [0.15, 0.2) is 0 Å². The van der Waals surface area contributed by atoms with Gasteiger partial charge in [-0.3, -0.25) is 0 Å². The third kappa shape index (κ3) is 13.1. The molecule has 0 atom stereocenters. The molecule has 0 fully saturated rings. The van der Waals surface area contributed by atoms with Gasteiger partial charge in [-0.2, -0.15) is 41.6 Å². The zero-order chi connectivity index (χ0) is 54.7. The molecule has 0 nitrogen and oxygen atoms in total. The van der Waals surface area contributed by atoms with Crippen molar-refractivity contribution in [3.8, 4) is 55.6 Å². The molecule has 4 heteroatoms. The summed E-state index contributed by atoms with van der Waals surface area (Å²) in [6, 6.07) is 72.6. The van der Waals surface area contributed by atoms with Crippen LogP contribution in [0.15, 0.2) is 188 Å². The summed E-state index contributed by atoms with van der Waals surface area (Å²) in [5, 5.41) is 8.16. The zero-order valence-electron chi connectivity index (χ0n) is 47.2. The average molecular weight is 1130 g/mol. The number of hydrogen-bond acceptors (Lipinski definition) is 0. The van der Waals surface area contributed by atoms with E-state index in [9.17, 15) is 0 Å². The van der Waals surface area contributed by atoms with Gasteiger partial charge >= 0.3 is 37.9 Å². The molecule has 1 heterocycles. The van der Waals surface area contributed by atoms with Gasteiger partial charge in [-0.05, 0) is 77.3 Å². The van der Waals surface area contributed by atoms with E-state index >= 15 is 0 Å². The van der Waals surface area contributed by atoms with Gasteiger partial charge in [-0.1, -0.05) is 252 Å². The van der Waals surface area contributed by atoms with Crippen molar-refractivity contribution in [3.63, 3.8) is 0 Å². The van der Waals surface area contributed by atoms with Crippen LogP contribution in [0.3, 0.4) is 0 Å². The zero-order valence-corrected chi connectivity index (χ0v) is 52.1. The third-order valence-electron chi connectivity index (χ3n) is 14.5. The first kappa shape index (κ1) is 56.9. The van der Waals surface area contributed by atoms with Crippen LogP contribution in [0.4, 0.5) is 0 Å². The predicted octanol–water partition coefficient (Wildman–Crippen LogP) is 20.1. The number of halogens is 2. The second-order valence-corrected chi connectivity index (χ2v) is 29.6. The summed E-state index contributed by atoms with van der Waals surface area (Å²) in [5.74, 6) is 0. The Morgan fingerprint density at radius 2 is 0.763 bits per heavy atom. The van der Waals surface area contributed by atoms with Crippen LogP contribution >= 0.6 is 17.0 Å². The molecule has 0 saturated heterocycles. The summed E-state index contributed by atoms with van der Waals surface area (Å²) in [4.78, 5) is 0. The Morgan fingerprint density at radius 1 is 0.395 bits per heavy atom. The molecular weight excluding hydrogens is 1060 g/mol. The molecule has 1 aliphatic rings. The monoisotopic (exact) mass is 1130 g/mol. The van der Waals surface area contributed by atoms with Crippen molar-refractivity contribution in [2.75, 3.05) is 0 Å². The summed E-state index contributed by atoms with van der Waals surface area (Å²) in [6.07, 6.45) is 0. The Labute approximate surface area is 477 Å². The number of fused-ring (bicyclic) bond motifs is 5. The van der Waals surface area contributed by atoms with E-state index in [1.165, 1.54) is 121 Å². The fourth-order valence-electron chi connectivity index (χ4n) is 10.2. The van der Waals surface area contributed by atoms with Crippen LogP contribution in [0.1, 0.15) is 116 Å². The summed E-state index contributed by atoms with van der Waals surface area (Å²) >= 11 is -0.826. The quantitative estimate of drug-likeness (QED) is 0.122. The minimum atomic E-state index is -0.826. The van der Waals surface area contributed by atoms with Crippen LogP contribution in [0, 0.1) is 19.9 Å². The predicted molar refractivity (Wildman–Crippen MR) is 333 cm³/mol. The Hall–Kier alpha value is -5.34. The molecule has 1 aliphatic heterocycles. The van der Waals surface area contributed by atoms with Crippen LogP contribution in [-0.2, 0) is 42.5 Å². The second kappa shape index (κ2) is 23.3. The van der Waals surface area contributed by atoms with Crippen molar-refractivity contribution in [3.05, 3.63) is 228 Å². The van der Waals surface area contributed by atoms with Crippen LogP contribution in [0.25, 0.3) is 77.2 Å². The Morgan fingerprint density at radius 3 is 1.16 bits per heavy atom. The van der Waals surface area contributed by atoms with Crippen LogP contribution in [0.2, 0.25) is 0 Å². The SMILES string of the molecule is Cc1cc2c(-c3cc(C(C)(C)C)cc(C(C)(C)C)c3)c(-c3ccccc3)ccc2[cH-]1.Cc1cc2c(-c3cc(C(C)(C)C)cc(C(C)(C)C)c3)c(-c3ccccc3)ccc2[cH-]1.[Cl][Zr][Cl].[c-]1cccc2c1[Si]c1ccccc1-2. The largest absolute Gasteiger partial charge is 0.184 e. The molecule has 10 aromatic carbocycles. The van der Waals surface area contributed by atoms with Gasteiger partial charge in [-0.15, -0.1) is 62.5 Å². The van der Waals surface area contributed by atoms with E-state index in [1.807, 2.05) is 6.07 Å². The van der Waals surface area contributed by atoms with E-state index < -0.39 is 20.8 Å². The van der Waals surface area contributed by atoms with Gasteiger partial charge in [0.1, 0.15) is 0 Å². The summed E-state index contributed by atoms with van der Waals surface area (Å²) in [5.41, 5.74) is 21.9. The fourth-order valence-corrected chi connectivity index (χ4v) is 11.5. The van der Waals surface area contributed by atoms with E-state index in [0.29, 0.717) is 0 Å². The molecule has 76 heavy (non-hydrogen) atoms. The van der Waals surface area contributed by atoms with Gasteiger partial charge in [-0.25, -0.2) is 0 Å². The number of benzene rings is 8. The molecule has 0 N–H and O–H groups in total. The van der Waals surface area contributed by atoms with E-state index in [2.05, 4.69) is 285 Å². The molecule has 0 spiro atoms. The molecule has 0 amide bonds. The minimum Gasteiger partial charge on any atom is -0.184 e. The molecule has 0 saturated carbocycles. The van der Waals surface area contributed by atoms with Crippen molar-refractivity contribution in [1.82, 2.24) is 0 Å². The summed E-state index contributed by atoms with van der Waals surface area (Å²) in [7, 11) is 10.7. The first-order valence-electron chi connectivity index (χ1n) is 26.6. The Balaban J connectivity index is 0.000000157. The molecular formula is C72H73Cl2SiZr-3. The topological polar surface area (TPSA) is 0 Å². The Bertz CT molecular complexity index is 3300. The van der Waals surface area contributed by atoms with E-state index in [1.54, 1.807) is 0 Å². The van der Waals surface area contributed by atoms with Gasteiger partial charge < -0.3 is 0 Å². The molecule has 0 unspecified atom stereocenters. The summed E-state index contributed by atoms with van der Waals surface area (Å²) < 4.78 is 0. The molecule has 386 valence electrons. The molecule has 10 aromatic rings. The van der Waals surface area contributed by atoms with Gasteiger partial charge in [0.25, 0.3) is 0 Å². The molecule has 0 aromatic heterocycles. The Kier molecular flexibility index (Phi) is 17.4. The normalized spacial score (nSPS) is 12.2. The van der Waals surface area contributed by atoms with Crippen molar-refractivity contribution in [1.29, 1.82) is 0 Å². The van der Waals surface area contributed by atoms with Crippen molar-refractivity contribution >= 4 is 58.5 Å². The second-order valence-electron chi connectivity index (χ2n) is 24.6. The smallest absolute Gasteiger partial charge is 0.0920 e. The van der Waals surface area contributed by atoms with Crippen LogP contribution in [-0.4, -0.2) is 9.52 Å². The maximum atomic E-state index is 4.93. The van der Waals surface area contributed by atoms with Gasteiger partial charge in [0, 0.05) is 0 Å². The molecule has 0 bridgehead atoms. The minimum absolute atomic E-state index is 0.0960. The van der Waals surface area contributed by atoms with Crippen molar-refractivity contribution in [2.45, 2.75) is 119 Å². The van der Waals surface area contributed by atoms with Crippen LogP contribution < -0.4 is 10.4 Å². The standard InChI is InChI=1S/2C30H33.C12H7Si.2ClH.Zr/c2*1-20-15-22-13-14-26(21-11-9-8-10-12-21)28(27(22)16-20)23-17-24(29(2,3)4)19-25(18-23)30(5,6)7;1-3-7-11-9(5-1)10-6-2-4-8-12(10)13-11;;;/h2*8-19H,1-7H3;1-7H;2*1H;/q3*-1;;;+2/p-2. The summed E-state index contributed by atoms with van der Waals surface area (Å²) in [6.45, 7) is 32.1. The third-order valence-corrected chi connectivity index (χ3v) is 15.8. The van der Waals surface area contributed by atoms with Crippen LogP contribution in [0.5, 0.6) is 0 Å². The maximum absolute atomic E-state index is 4.93. The van der Waals surface area contributed by atoms with Crippen molar-refractivity contribution < 1.29 is 20.8 Å². The van der Waals surface area contributed by atoms with E-state index in [-0.39, 0.29) is 21.7 Å². The van der Waals surface area contributed by atoms with Gasteiger partial charge in [0.2, 0.25) is 0 Å². The van der Waals surface area contributed by atoms with Gasteiger partial charge in [0.05, 0.1) is 9.52 Å². The van der Waals surface area contributed by atoms with Crippen molar-refractivity contribution in [2.24, 2.45) is 0 Å². The first-order valence-corrected chi connectivity index (χ1v) is 33.9. The number of rotatable bonds is 4. The fraction of sp³-hybridized carbons (Fsp3) is 0.250. The van der Waals surface area contributed by atoms with E-state index in [0.717, 1.165) is 9.52 Å². The van der Waals surface area contributed by atoms with E-state index in [4.69, 9.17) is 17.0 Å². The average Bonchev–Trinajstić information content (AvgIpc) is 4.11. The molecule has 0 aliphatic carbocycles. The molecule has 2 radical (unpaired) electrons. The number of hydrogen-bond donors (Lipinski definition) is 0. The maximum Gasteiger partial charge on any atom is 0.0920 e.